The molecule has 0 radical (unpaired) electrons. The summed E-state index contributed by atoms with van der Waals surface area (Å²) in [6.45, 7) is 1.72. The number of pyridine rings is 1. The molecule has 4 rings (SSSR count). The highest BCUT2D eigenvalue weighted by Gasteiger charge is 2.16. The lowest BCUT2D eigenvalue weighted by Crippen LogP contribution is -2.34. The summed E-state index contributed by atoms with van der Waals surface area (Å²) in [5, 5.41) is 12.6. The second-order valence-corrected chi connectivity index (χ2v) is 6.11. The van der Waals surface area contributed by atoms with Crippen LogP contribution in [0.15, 0.2) is 59.4 Å². The van der Waals surface area contributed by atoms with Gasteiger partial charge in [0.1, 0.15) is 0 Å². The first-order valence-corrected chi connectivity index (χ1v) is 8.14. The van der Waals surface area contributed by atoms with Crippen LogP contribution in [-0.4, -0.2) is 20.5 Å². The monoisotopic (exact) mass is 362 g/mol. The first-order chi connectivity index (χ1) is 13.0. The highest BCUT2D eigenvalue weighted by atomic mass is 16.6. The molecule has 0 saturated heterocycles. The van der Waals surface area contributed by atoms with Gasteiger partial charge >= 0.3 is 0 Å². The molecule has 2 aromatic heterocycles. The lowest BCUT2D eigenvalue weighted by molar-refractivity contribution is -0.384. The van der Waals surface area contributed by atoms with Crippen LogP contribution in [0.4, 0.5) is 5.69 Å². The van der Waals surface area contributed by atoms with Crippen molar-refractivity contribution in [3.8, 4) is 0 Å². The number of hydrogen-bond acceptors (Lipinski definition) is 4. The number of non-ortho nitro benzene ring substituents is 1. The molecule has 1 amide bonds. The largest absolute Gasteiger partial charge is 0.353 e. The van der Waals surface area contributed by atoms with Crippen molar-refractivity contribution in [2.24, 2.45) is 0 Å². The van der Waals surface area contributed by atoms with Crippen LogP contribution in [0.3, 0.4) is 0 Å². The molecule has 8 heteroatoms. The molecule has 0 saturated carbocycles. The number of para-hydroxylation sites is 1. The highest BCUT2D eigenvalue weighted by Crippen LogP contribution is 2.25. The molecule has 0 unspecified atom stereocenters. The number of carbonyl (C=O) groups is 1. The van der Waals surface area contributed by atoms with Crippen molar-refractivity contribution in [3.63, 3.8) is 0 Å². The molecule has 2 N–H and O–H groups in total. The molecule has 0 aliphatic carbocycles. The summed E-state index contributed by atoms with van der Waals surface area (Å²) in [6, 6.07) is 14.4. The first-order valence-electron chi connectivity index (χ1n) is 8.14. The Morgan fingerprint density at radius 1 is 1.11 bits per heavy atom. The van der Waals surface area contributed by atoms with Crippen LogP contribution in [0, 0.1) is 17.0 Å². The van der Waals surface area contributed by atoms with Crippen molar-refractivity contribution in [1.82, 2.24) is 9.66 Å². The average molecular weight is 362 g/mol. The standard InChI is InChI=1S/C19H14N4O4/c1-11-18-15(14-7-2-3-8-16(14)20-18)10-17(24)22(11)21-19(25)12-5-4-6-13(9-12)23(26)27/h2-10,20H,1H3,(H,21,25). The van der Waals surface area contributed by atoms with E-state index in [1.165, 1.54) is 24.3 Å². The number of carbonyl (C=O) groups excluding carboxylic acids is 1. The molecule has 0 bridgehead atoms. The number of rotatable bonds is 3. The summed E-state index contributed by atoms with van der Waals surface area (Å²) < 4.78 is 1.14. The number of nitro benzene ring substituents is 1. The lowest BCUT2D eigenvalue weighted by atomic mass is 10.1. The fourth-order valence-electron chi connectivity index (χ4n) is 3.13. The molecular formula is C19H14N4O4. The number of nitro groups is 1. The Labute approximate surface area is 152 Å². The number of H-pyrrole nitrogens is 1. The SMILES string of the molecule is Cc1c2[nH]c3ccccc3c2cc(=O)n1NC(=O)c1cccc([N+](=O)[O-])c1. The maximum Gasteiger partial charge on any atom is 0.270 e. The van der Waals surface area contributed by atoms with Crippen LogP contribution in [0.1, 0.15) is 16.1 Å². The van der Waals surface area contributed by atoms with Gasteiger partial charge in [0.25, 0.3) is 17.2 Å². The van der Waals surface area contributed by atoms with Gasteiger partial charge in [-0.05, 0) is 19.1 Å². The first kappa shape index (κ1) is 16.5. The van der Waals surface area contributed by atoms with E-state index in [0.717, 1.165) is 32.5 Å². The maximum atomic E-state index is 12.6. The number of nitrogens with zero attached hydrogens (tertiary/aromatic N) is 2. The number of nitrogens with one attached hydrogen (secondary N) is 2. The van der Waals surface area contributed by atoms with Gasteiger partial charge in [0.05, 0.1) is 16.1 Å². The van der Waals surface area contributed by atoms with E-state index in [0.29, 0.717) is 5.69 Å². The Balaban J connectivity index is 1.79. The minimum atomic E-state index is -0.612. The fourth-order valence-corrected chi connectivity index (χ4v) is 3.13. The highest BCUT2D eigenvalue weighted by molar-refractivity contribution is 6.08. The Morgan fingerprint density at radius 3 is 2.67 bits per heavy atom. The number of hydrogen-bond donors (Lipinski definition) is 2. The van der Waals surface area contributed by atoms with Gasteiger partial charge in [-0.2, -0.15) is 0 Å². The molecule has 0 atom stereocenters. The number of aromatic nitrogens is 2. The molecule has 0 aliphatic rings. The number of benzene rings is 2. The molecule has 8 nitrogen and oxygen atoms in total. The van der Waals surface area contributed by atoms with E-state index in [-0.39, 0.29) is 11.3 Å². The third-order valence-corrected chi connectivity index (χ3v) is 4.46. The fraction of sp³-hybridized carbons (Fsp3) is 0.0526. The van der Waals surface area contributed by atoms with Crippen molar-refractivity contribution >= 4 is 33.4 Å². The Morgan fingerprint density at radius 2 is 1.89 bits per heavy atom. The second-order valence-electron chi connectivity index (χ2n) is 6.11. The van der Waals surface area contributed by atoms with E-state index >= 15 is 0 Å². The number of aromatic amines is 1. The molecular weight excluding hydrogens is 348 g/mol. The predicted octanol–water partition coefficient (Wildman–Crippen LogP) is 3.08. The van der Waals surface area contributed by atoms with Gasteiger partial charge in [0, 0.05) is 40.1 Å². The summed E-state index contributed by atoms with van der Waals surface area (Å²) in [5.41, 5.74) is 4.17. The minimum Gasteiger partial charge on any atom is -0.353 e. The zero-order valence-corrected chi connectivity index (χ0v) is 14.2. The van der Waals surface area contributed by atoms with Crippen molar-refractivity contribution in [3.05, 3.63) is 86.3 Å². The van der Waals surface area contributed by atoms with Gasteiger partial charge in [-0.3, -0.25) is 25.1 Å². The average Bonchev–Trinajstić information content (AvgIpc) is 3.04. The van der Waals surface area contributed by atoms with Crippen LogP contribution in [0.5, 0.6) is 0 Å². The van der Waals surface area contributed by atoms with Crippen LogP contribution >= 0.6 is 0 Å². The third-order valence-electron chi connectivity index (χ3n) is 4.46. The molecule has 4 aromatic rings. The third kappa shape index (κ3) is 2.73. The van der Waals surface area contributed by atoms with Gasteiger partial charge in [-0.1, -0.05) is 24.3 Å². The second kappa shape index (κ2) is 6.10. The molecule has 0 fully saturated rings. The summed E-state index contributed by atoms with van der Waals surface area (Å²) in [5.74, 6) is -0.612. The van der Waals surface area contributed by atoms with Crippen molar-refractivity contribution in [2.45, 2.75) is 6.92 Å². The predicted molar refractivity (Wildman–Crippen MR) is 102 cm³/mol. The van der Waals surface area contributed by atoms with Crippen molar-refractivity contribution in [2.75, 3.05) is 5.43 Å². The molecule has 134 valence electrons. The van der Waals surface area contributed by atoms with Crippen LogP contribution in [-0.2, 0) is 0 Å². The molecule has 0 spiro atoms. The minimum absolute atomic E-state index is 0.0900. The van der Waals surface area contributed by atoms with E-state index in [4.69, 9.17) is 0 Å². The van der Waals surface area contributed by atoms with Gasteiger partial charge in [-0.15, -0.1) is 0 Å². The smallest absolute Gasteiger partial charge is 0.270 e. The molecule has 2 aromatic carbocycles. The number of amides is 1. The Bertz CT molecular complexity index is 1290. The quantitative estimate of drug-likeness (QED) is 0.431. The zero-order valence-electron chi connectivity index (χ0n) is 14.2. The van der Waals surface area contributed by atoms with E-state index in [1.54, 1.807) is 6.92 Å². The van der Waals surface area contributed by atoms with Crippen LogP contribution in [0.25, 0.3) is 21.8 Å². The number of fused-ring (bicyclic) bond motifs is 3. The summed E-state index contributed by atoms with van der Waals surface area (Å²) in [7, 11) is 0. The number of aryl methyl sites for hydroxylation is 1. The molecule has 27 heavy (non-hydrogen) atoms. The zero-order chi connectivity index (χ0) is 19.1. The van der Waals surface area contributed by atoms with Crippen molar-refractivity contribution < 1.29 is 9.72 Å². The van der Waals surface area contributed by atoms with Gasteiger partial charge in [0.2, 0.25) is 0 Å². The van der Waals surface area contributed by atoms with Gasteiger partial charge < -0.3 is 4.98 Å². The van der Waals surface area contributed by atoms with Crippen LogP contribution < -0.4 is 11.0 Å². The van der Waals surface area contributed by atoms with Gasteiger partial charge in [-0.25, -0.2) is 4.68 Å². The van der Waals surface area contributed by atoms with E-state index in [1.807, 2.05) is 24.3 Å². The summed E-state index contributed by atoms with van der Waals surface area (Å²) >= 11 is 0. The Hall–Kier alpha value is -3.94. The summed E-state index contributed by atoms with van der Waals surface area (Å²) in [4.78, 5) is 38.6. The molecule has 2 heterocycles. The van der Waals surface area contributed by atoms with E-state index < -0.39 is 16.4 Å². The van der Waals surface area contributed by atoms with E-state index in [2.05, 4.69) is 10.4 Å². The van der Waals surface area contributed by atoms with Crippen molar-refractivity contribution in [1.29, 1.82) is 0 Å². The maximum absolute atomic E-state index is 12.6. The summed E-state index contributed by atoms with van der Waals surface area (Å²) in [6.07, 6.45) is 0. The van der Waals surface area contributed by atoms with Gasteiger partial charge in [0.15, 0.2) is 0 Å². The van der Waals surface area contributed by atoms with E-state index in [9.17, 15) is 19.7 Å². The topological polar surface area (TPSA) is 110 Å². The Kier molecular flexibility index (Phi) is 3.73. The van der Waals surface area contributed by atoms with Crippen LogP contribution in [0.2, 0.25) is 0 Å². The molecule has 0 aliphatic heterocycles. The normalized spacial score (nSPS) is 11.0. The lowest BCUT2D eigenvalue weighted by Gasteiger charge is -2.12.